The summed E-state index contributed by atoms with van der Waals surface area (Å²) in [5, 5.41) is 5.47. The molecule has 1 heterocycles. The van der Waals surface area contributed by atoms with E-state index >= 15 is 0 Å². The fourth-order valence-electron chi connectivity index (χ4n) is 3.04. The van der Waals surface area contributed by atoms with E-state index in [4.69, 9.17) is 5.14 Å². The third kappa shape index (κ3) is 4.46. The van der Waals surface area contributed by atoms with E-state index in [-0.39, 0.29) is 21.5 Å². The van der Waals surface area contributed by atoms with Crippen LogP contribution in [0.1, 0.15) is 20.9 Å². The number of hydrogen-bond acceptors (Lipinski definition) is 5. The predicted molar refractivity (Wildman–Crippen MR) is 119 cm³/mol. The van der Waals surface area contributed by atoms with Gasteiger partial charge in [0.15, 0.2) is 5.01 Å². The first-order chi connectivity index (χ1) is 14.7. The summed E-state index contributed by atoms with van der Waals surface area (Å²) in [7, 11) is -3.82. The van der Waals surface area contributed by atoms with Gasteiger partial charge in [-0.15, -0.1) is 11.3 Å². The highest BCUT2D eigenvalue weighted by Gasteiger charge is 2.21. The second-order valence-electron chi connectivity index (χ2n) is 6.97. The van der Waals surface area contributed by atoms with Gasteiger partial charge in [-0.3, -0.25) is 4.79 Å². The van der Waals surface area contributed by atoms with Gasteiger partial charge in [0.1, 0.15) is 5.82 Å². The average molecular weight is 453 g/mol. The van der Waals surface area contributed by atoms with Crippen LogP contribution in [0.4, 0.5) is 4.39 Å². The lowest BCUT2D eigenvalue weighted by atomic mass is 10.1. The molecule has 2 N–H and O–H groups in total. The van der Waals surface area contributed by atoms with E-state index in [2.05, 4.69) is 4.98 Å². The largest absolute Gasteiger partial charge is 0.286 e. The second-order valence-corrected chi connectivity index (χ2v) is 9.53. The Kier molecular flexibility index (Phi) is 5.53. The minimum absolute atomic E-state index is 0.0138. The quantitative estimate of drug-likeness (QED) is 0.440. The number of halogens is 1. The van der Waals surface area contributed by atoms with Crippen molar-refractivity contribution < 1.29 is 17.6 Å². The number of aryl methyl sites for hydroxylation is 1. The first kappa shape index (κ1) is 21.0. The standard InChI is InChI=1S/C23H17FN2O3S2/c1-14-2-4-16(5-3-14)21(27)23-26-20(15-6-10-18(24)11-7-15)22(30-23)17-8-12-19(13-9-17)31(25,28)29/h2-13H,1H3,(H2,25,28,29). The summed E-state index contributed by atoms with van der Waals surface area (Å²) in [6, 6.07) is 19.1. The molecule has 0 aliphatic heterocycles. The number of hydrogen-bond donors (Lipinski definition) is 1. The lowest BCUT2D eigenvalue weighted by Crippen LogP contribution is -2.11. The van der Waals surface area contributed by atoms with Gasteiger partial charge < -0.3 is 0 Å². The van der Waals surface area contributed by atoms with E-state index in [0.29, 0.717) is 27.3 Å². The number of benzene rings is 3. The summed E-state index contributed by atoms with van der Waals surface area (Å²) in [5.74, 6) is -0.602. The zero-order valence-corrected chi connectivity index (χ0v) is 18.0. The Bertz CT molecular complexity index is 1360. The summed E-state index contributed by atoms with van der Waals surface area (Å²) in [6.45, 7) is 1.94. The SMILES string of the molecule is Cc1ccc(C(=O)c2nc(-c3ccc(F)cc3)c(-c3ccc(S(N)(=O)=O)cc3)s2)cc1. The molecule has 8 heteroatoms. The molecule has 5 nitrogen and oxygen atoms in total. The van der Waals surface area contributed by atoms with Gasteiger partial charge in [-0.1, -0.05) is 42.0 Å². The minimum Gasteiger partial charge on any atom is -0.286 e. The fraction of sp³-hybridized carbons (Fsp3) is 0.0435. The highest BCUT2D eigenvalue weighted by atomic mass is 32.2. The number of primary sulfonamides is 1. The van der Waals surface area contributed by atoms with E-state index in [1.807, 2.05) is 19.1 Å². The molecule has 31 heavy (non-hydrogen) atoms. The lowest BCUT2D eigenvalue weighted by Gasteiger charge is -2.04. The van der Waals surface area contributed by atoms with Crippen molar-refractivity contribution in [1.29, 1.82) is 0 Å². The van der Waals surface area contributed by atoms with Crippen molar-refractivity contribution in [1.82, 2.24) is 4.98 Å². The minimum atomic E-state index is -3.82. The molecule has 1 aromatic heterocycles. The molecule has 0 saturated heterocycles. The van der Waals surface area contributed by atoms with Gasteiger partial charge in [0, 0.05) is 11.1 Å². The molecule has 4 rings (SSSR count). The molecule has 0 unspecified atom stereocenters. The Labute approximate surface area is 183 Å². The first-order valence-corrected chi connectivity index (χ1v) is 11.6. The van der Waals surface area contributed by atoms with Crippen LogP contribution < -0.4 is 5.14 Å². The van der Waals surface area contributed by atoms with E-state index in [9.17, 15) is 17.6 Å². The van der Waals surface area contributed by atoms with Crippen LogP contribution in [-0.2, 0) is 10.0 Å². The maximum Gasteiger partial charge on any atom is 0.238 e. The van der Waals surface area contributed by atoms with Crippen LogP contribution in [0.5, 0.6) is 0 Å². The zero-order valence-electron chi connectivity index (χ0n) is 16.4. The van der Waals surface area contributed by atoms with Gasteiger partial charge in [-0.05, 0) is 48.9 Å². The number of nitrogens with zero attached hydrogens (tertiary/aromatic N) is 1. The summed E-state index contributed by atoms with van der Waals surface area (Å²) >= 11 is 1.20. The first-order valence-electron chi connectivity index (χ1n) is 9.24. The fourth-order valence-corrected chi connectivity index (χ4v) is 4.61. The van der Waals surface area contributed by atoms with E-state index in [1.165, 1.54) is 35.6 Å². The summed E-state index contributed by atoms with van der Waals surface area (Å²) in [5.41, 5.74) is 3.39. The van der Waals surface area contributed by atoms with Crippen LogP contribution in [0.15, 0.2) is 77.7 Å². The van der Waals surface area contributed by atoms with Crippen LogP contribution in [0.3, 0.4) is 0 Å². The normalized spacial score (nSPS) is 11.5. The van der Waals surface area contributed by atoms with Gasteiger partial charge >= 0.3 is 0 Å². The maximum absolute atomic E-state index is 13.4. The summed E-state index contributed by atoms with van der Waals surface area (Å²) < 4.78 is 36.6. The third-order valence-electron chi connectivity index (χ3n) is 4.70. The molecule has 0 saturated carbocycles. The monoisotopic (exact) mass is 452 g/mol. The number of aromatic nitrogens is 1. The number of rotatable bonds is 5. The van der Waals surface area contributed by atoms with Crippen molar-refractivity contribution in [2.24, 2.45) is 5.14 Å². The Balaban J connectivity index is 1.83. The van der Waals surface area contributed by atoms with Crippen molar-refractivity contribution in [3.8, 4) is 21.7 Å². The van der Waals surface area contributed by atoms with Gasteiger partial charge in [-0.2, -0.15) is 0 Å². The number of sulfonamides is 1. The average Bonchev–Trinajstić information content (AvgIpc) is 3.19. The number of nitrogens with two attached hydrogens (primary N) is 1. The predicted octanol–water partition coefficient (Wildman–Crippen LogP) is 4.80. The highest BCUT2D eigenvalue weighted by molar-refractivity contribution is 7.89. The van der Waals surface area contributed by atoms with Gasteiger partial charge in [0.2, 0.25) is 15.8 Å². The van der Waals surface area contributed by atoms with Gasteiger partial charge in [-0.25, -0.2) is 22.9 Å². The van der Waals surface area contributed by atoms with Crippen LogP contribution in [0.25, 0.3) is 21.7 Å². The molecular formula is C23H17FN2O3S2. The smallest absolute Gasteiger partial charge is 0.238 e. The highest BCUT2D eigenvalue weighted by Crippen LogP contribution is 2.38. The molecule has 0 atom stereocenters. The van der Waals surface area contributed by atoms with Crippen molar-refractivity contribution in [2.75, 3.05) is 0 Å². The number of ketones is 1. The second kappa shape index (κ2) is 8.14. The molecule has 0 aliphatic rings. The van der Waals surface area contributed by atoms with E-state index in [1.54, 1.807) is 36.4 Å². The molecule has 3 aromatic carbocycles. The van der Waals surface area contributed by atoms with Crippen LogP contribution in [-0.4, -0.2) is 19.2 Å². The molecule has 0 amide bonds. The Morgan fingerprint density at radius 2 is 1.48 bits per heavy atom. The Morgan fingerprint density at radius 3 is 2.06 bits per heavy atom. The molecule has 156 valence electrons. The number of carbonyl (C=O) groups is 1. The molecule has 0 spiro atoms. The van der Waals surface area contributed by atoms with Crippen molar-refractivity contribution in [2.45, 2.75) is 11.8 Å². The maximum atomic E-state index is 13.4. The molecular weight excluding hydrogens is 435 g/mol. The van der Waals surface area contributed by atoms with Crippen LogP contribution >= 0.6 is 11.3 Å². The van der Waals surface area contributed by atoms with Gasteiger partial charge in [0.25, 0.3) is 0 Å². The van der Waals surface area contributed by atoms with Crippen molar-refractivity contribution >= 4 is 27.1 Å². The Hall–Kier alpha value is -3.20. The topological polar surface area (TPSA) is 90.1 Å². The molecule has 0 radical (unpaired) electrons. The Morgan fingerprint density at radius 1 is 0.903 bits per heavy atom. The lowest BCUT2D eigenvalue weighted by molar-refractivity contribution is 0.103. The molecule has 4 aromatic rings. The van der Waals surface area contributed by atoms with Crippen LogP contribution in [0, 0.1) is 12.7 Å². The van der Waals surface area contributed by atoms with Crippen molar-refractivity contribution in [3.63, 3.8) is 0 Å². The third-order valence-corrected chi connectivity index (χ3v) is 6.73. The van der Waals surface area contributed by atoms with Crippen molar-refractivity contribution in [3.05, 3.63) is 94.7 Å². The number of thiazole rings is 1. The van der Waals surface area contributed by atoms with Crippen LogP contribution in [0.2, 0.25) is 0 Å². The van der Waals surface area contributed by atoms with Gasteiger partial charge in [0.05, 0.1) is 15.5 Å². The summed E-state index contributed by atoms with van der Waals surface area (Å²) in [6.07, 6.45) is 0. The zero-order chi connectivity index (χ0) is 22.2. The molecule has 0 fully saturated rings. The number of carbonyl (C=O) groups excluding carboxylic acids is 1. The molecule has 0 bridgehead atoms. The van der Waals surface area contributed by atoms with E-state index in [0.717, 1.165) is 5.56 Å². The van der Waals surface area contributed by atoms with E-state index < -0.39 is 10.0 Å². The summed E-state index contributed by atoms with van der Waals surface area (Å²) in [4.78, 5) is 18.2. The molecule has 0 aliphatic carbocycles.